The first-order chi connectivity index (χ1) is 17.8. The largest absolute Gasteiger partial charge is 0.360 e. The van der Waals surface area contributed by atoms with Crippen molar-refractivity contribution in [3.05, 3.63) is 53.2 Å². The summed E-state index contributed by atoms with van der Waals surface area (Å²) in [5, 5.41) is 8.27. The maximum Gasteiger partial charge on any atom is 0.261 e. The number of benzene rings is 1. The number of nitrogens with zero attached hydrogens (tertiary/aromatic N) is 3. The van der Waals surface area contributed by atoms with Crippen LogP contribution in [0, 0.1) is 5.92 Å². The van der Waals surface area contributed by atoms with Crippen LogP contribution in [0.5, 0.6) is 0 Å². The van der Waals surface area contributed by atoms with Gasteiger partial charge in [0.15, 0.2) is 0 Å². The molecule has 6 rings (SSSR count). The maximum atomic E-state index is 15.6. The van der Waals surface area contributed by atoms with Crippen molar-refractivity contribution in [1.82, 2.24) is 25.6 Å². The Bertz CT molecular complexity index is 1590. The van der Waals surface area contributed by atoms with Gasteiger partial charge in [-0.2, -0.15) is 0 Å². The third-order valence-corrected chi connectivity index (χ3v) is 8.77. The second-order valence-electron chi connectivity index (χ2n) is 9.90. The third-order valence-electron chi connectivity index (χ3n) is 7.82. The molecule has 1 saturated heterocycles. The highest BCUT2D eigenvalue weighted by Crippen LogP contribution is 2.39. The Kier molecular flexibility index (Phi) is 5.61. The van der Waals surface area contributed by atoms with Gasteiger partial charge in [0.05, 0.1) is 44.7 Å². The van der Waals surface area contributed by atoms with Crippen LogP contribution in [0.3, 0.4) is 0 Å². The Hall–Kier alpha value is -3.63. The van der Waals surface area contributed by atoms with Gasteiger partial charge in [0, 0.05) is 23.7 Å². The van der Waals surface area contributed by atoms with Gasteiger partial charge in [0.1, 0.15) is 6.17 Å². The molecule has 37 heavy (non-hydrogen) atoms. The van der Waals surface area contributed by atoms with Crippen LogP contribution < -0.4 is 15.5 Å². The lowest BCUT2D eigenvalue weighted by atomic mass is 9.77. The SMILES string of the molecule is CNC1(C(C)C)CCN(c2nc(C3=C(c4c[nH]c5ccsc45)C(=O)NC3=O)c3ccccc3n2)CC1F. The minimum Gasteiger partial charge on any atom is -0.360 e. The van der Waals surface area contributed by atoms with Crippen molar-refractivity contribution in [2.45, 2.75) is 32.0 Å². The van der Waals surface area contributed by atoms with Crippen LogP contribution in [0.2, 0.25) is 0 Å². The molecule has 1 fully saturated rings. The van der Waals surface area contributed by atoms with E-state index in [1.54, 1.807) is 6.20 Å². The molecule has 3 aromatic heterocycles. The average Bonchev–Trinajstić information content (AvgIpc) is 3.58. The highest BCUT2D eigenvalue weighted by molar-refractivity contribution is 7.17. The normalized spacial score (nSPS) is 22.6. The number of para-hydroxylation sites is 1. The van der Waals surface area contributed by atoms with Crippen LogP contribution in [0.4, 0.5) is 10.3 Å². The van der Waals surface area contributed by atoms with Gasteiger partial charge in [0.25, 0.3) is 11.8 Å². The molecule has 190 valence electrons. The zero-order valence-corrected chi connectivity index (χ0v) is 21.6. The van der Waals surface area contributed by atoms with Crippen LogP contribution in [-0.2, 0) is 9.59 Å². The van der Waals surface area contributed by atoms with Gasteiger partial charge in [-0.25, -0.2) is 14.4 Å². The molecule has 2 atom stereocenters. The van der Waals surface area contributed by atoms with E-state index in [4.69, 9.17) is 9.97 Å². The number of aromatic amines is 1. The van der Waals surface area contributed by atoms with E-state index >= 15 is 4.39 Å². The number of carbonyl (C=O) groups is 2. The van der Waals surface area contributed by atoms with Crippen molar-refractivity contribution in [1.29, 1.82) is 0 Å². The Balaban J connectivity index is 1.52. The number of halogens is 1. The number of hydrogen-bond acceptors (Lipinski definition) is 7. The number of fused-ring (bicyclic) bond motifs is 2. The van der Waals surface area contributed by atoms with Gasteiger partial charge >= 0.3 is 0 Å². The van der Waals surface area contributed by atoms with Gasteiger partial charge in [-0.1, -0.05) is 32.0 Å². The van der Waals surface area contributed by atoms with E-state index in [9.17, 15) is 9.59 Å². The molecule has 2 aliphatic rings. The summed E-state index contributed by atoms with van der Waals surface area (Å²) in [4.78, 5) is 40.8. The molecule has 0 aliphatic carbocycles. The van der Waals surface area contributed by atoms with Crippen molar-refractivity contribution in [3.8, 4) is 0 Å². The van der Waals surface area contributed by atoms with E-state index in [-0.39, 0.29) is 23.6 Å². The summed E-state index contributed by atoms with van der Waals surface area (Å²) in [6, 6.07) is 9.32. The number of anilines is 1. The Morgan fingerprint density at radius 3 is 2.70 bits per heavy atom. The lowest BCUT2D eigenvalue weighted by Gasteiger charge is -2.47. The number of nitrogens with one attached hydrogen (secondary N) is 3. The standard InChI is InChI=1S/C27H27FN6O2S/c1-14(2)27(29-3)9-10-34(13-19(27)28)26-31-17-7-5-4-6-15(17)22(32-26)21-20(24(35)33-25(21)36)16-12-30-18-8-11-37-23(16)18/h4-8,11-12,14,19,29-30H,9-10,13H2,1-3H3,(H,33,35,36). The molecule has 10 heteroatoms. The fourth-order valence-corrected chi connectivity index (χ4v) is 6.58. The molecule has 0 bridgehead atoms. The monoisotopic (exact) mass is 518 g/mol. The smallest absolute Gasteiger partial charge is 0.261 e. The molecule has 1 aromatic carbocycles. The summed E-state index contributed by atoms with van der Waals surface area (Å²) >= 11 is 1.50. The zero-order valence-electron chi connectivity index (χ0n) is 20.8. The number of carbonyl (C=O) groups excluding carboxylic acids is 2. The van der Waals surface area contributed by atoms with Crippen molar-refractivity contribution < 1.29 is 14.0 Å². The molecule has 0 spiro atoms. The molecule has 2 amide bonds. The van der Waals surface area contributed by atoms with E-state index in [1.807, 2.05) is 61.5 Å². The highest BCUT2D eigenvalue weighted by atomic mass is 32.1. The first-order valence-corrected chi connectivity index (χ1v) is 13.2. The van der Waals surface area contributed by atoms with E-state index in [0.717, 1.165) is 10.2 Å². The molecule has 3 N–H and O–H groups in total. The number of thiophene rings is 1. The quantitative estimate of drug-likeness (QED) is 0.346. The summed E-state index contributed by atoms with van der Waals surface area (Å²) in [5.74, 6) is -0.508. The molecule has 2 aliphatic heterocycles. The maximum absolute atomic E-state index is 15.6. The van der Waals surface area contributed by atoms with Gasteiger partial charge < -0.3 is 15.2 Å². The van der Waals surface area contributed by atoms with Gasteiger partial charge in [-0.05, 0) is 36.9 Å². The molecule has 5 heterocycles. The predicted molar refractivity (Wildman–Crippen MR) is 144 cm³/mol. The highest BCUT2D eigenvalue weighted by Gasteiger charge is 2.45. The van der Waals surface area contributed by atoms with Crippen molar-refractivity contribution in [3.63, 3.8) is 0 Å². The summed E-state index contributed by atoms with van der Waals surface area (Å²) in [6.45, 7) is 4.74. The molecule has 8 nitrogen and oxygen atoms in total. The van der Waals surface area contributed by atoms with E-state index in [0.29, 0.717) is 41.1 Å². The van der Waals surface area contributed by atoms with E-state index < -0.39 is 23.5 Å². The summed E-state index contributed by atoms with van der Waals surface area (Å²) in [5.41, 5.74) is 2.42. The predicted octanol–water partition coefficient (Wildman–Crippen LogP) is 3.90. The van der Waals surface area contributed by atoms with Crippen LogP contribution in [0.15, 0.2) is 41.9 Å². The topological polar surface area (TPSA) is 103 Å². The molecular formula is C27H27FN6O2S. The van der Waals surface area contributed by atoms with Crippen molar-refractivity contribution >= 4 is 61.4 Å². The van der Waals surface area contributed by atoms with Crippen LogP contribution in [0.1, 0.15) is 31.5 Å². The number of piperidine rings is 1. The second-order valence-corrected chi connectivity index (χ2v) is 10.8. The zero-order chi connectivity index (χ0) is 25.9. The van der Waals surface area contributed by atoms with Crippen LogP contribution >= 0.6 is 11.3 Å². The molecule has 0 saturated carbocycles. The molecular weight excluding hydrogens is 491 g/mol. The summed E-state index contributed by atoms with van der Waals surface area (Å²) in [7, 11) is 1.81. The van der Waals surface area contributed by atoms with Gasteiger partial charge in [0.2, 0.25) is 5.95 Å². The van der Waals surface area contributed by atoms with Gasteiger partial charge in [-0.3, -0.25) is 14.9 Å². The Labute approximate surface area is 217 Å². The first kappa shape index (κ1) is 23.7. The van der Waals surface area contributed by atoms with E-state index in [1.165, 1.54) is 11.3 Å². The number of alkyl halides is 1. The van der Waals surface area contributed by atoms with Crippen molar-refractivity contribution in [2.24, 2.45) is 5.92 Å². The fourth-order valence-electron chi connectivity index (χ4n) is 5.69. The van der Waals surface area contributed by atoms with Crippen LogP contribution in [0.25, 0.3) is 32.3 Å². The van der Waals surface area contributed by atoms with Gasteiger partial charge in [-0.15, -0.1) is 11.3 Å². The number of rotatable bonds is 5. The summed E-state index contributed by atoms with van der Waals surface area (Å²) < 4.78 is 16.5. The summed E-state index contributed by atoms with van der Waals surface area (Å²) in [6.07, 6.45) is 1.20. The third kappa shape index (κ3) is 3.58. The van der Waals surface area contributed by atoms with Crippen LogP contribution in [-0.4, -0.2) is 58.6 Å². The number of aromatic nitrogens is 3. The molecule has 4 aromatic rings. The minimum atomic E-state index is -1.14. The molecule has 2 unspecified atom stereocenters. The average molecular weight is 519 g/mol. The number of hydrogen-bond donors (Lipinski definition) is 3. The number of H-pyrrole nitrogens is 1. The number of imide groups is 1. The first-order valence-electron chi connectivity index (χ1n) is 12.3. The van der Waals surface area contributed by atoms with Crippen molar-refractivity contribution in [2.75, 3.05) is 25.0 Å². The number of amides is 2. The Morgan fingerprint density at radius 1 is 1.16 bits per heavy atom. The Morgan fingerprint density at radius 2 is 1.95 bits per heavy atom. The second kappa shape index (κ2) is 8.74. The molecule has 0 radical (unpaired) electrons. The lowest BCUT2D eigenvalue weighted by Crippen LogP contribution is -2.63. The lowest BCUT2D eigenvalue weighted by molar-refractivity contribution is -0.122. The van der Waals surface area contributed by atoms with E-state index in [2.05, 4.69) is 15.6 Å². The minimum absolute atomic E-state index is 0.110. The fraction of sp³-hybridized carbons (Fsp3) is 0.333.